The number of hydrogen-bond donors (Lipinski definition) is 3. The summed E-state index contributed by atoms with van der Waals surface area (Å²) in [6, 6.07) is 20.9. The number of aryl methyl sites for hydroxylation is 1. The number of ether oxygens (including phenoxy) is 1. The number of para-hydroxylation sites is 2. The van der Waals surface area contributed by atoms with Crippen LogP contribution in [0.5, 0.6) is 5.75 Å². The van der Waals surface area contributed by atoms with Crippen molar-refractivity contribution < 1.29 is 23.8 Å². The molecule has 1 aliphatic rings. The van der Waals surface area contributed by atoms with Crippen LogP contribution < -0.4 is 15.4 Å². The van der Waals surface area contributed by atoms with Gasteiger partial charge in [0.25, 0.3) is 0 Å². The van der Waals surface area contributed by atoms with Crippen LogP contribution in [0, 0.1) is 6.92 Å². The maximum absolute atomic E-state index is 12.9. The summed E-state index contributed by atoms with van der Waals surface area (Å²) in [7, 11) is 1.56. The first-order valence-electron chi connectivity index (χ1n) is 12.7. The quantitative estimate of drug-likeness (QED) is 0.234. The number of benzene rings is 2. The van der Waals surface area contributed by atoms with Crippen molar-refractivity contribution in [3.63, 3.8) is 0 Å². The van der Waals surface area contributed by atoms with E-state index < -0.39 is 5.97 Å². The Labute approximate surface area is 236 Å². The number of carbonyl (C=O) groups excluding carboxylic acids is 1. The number of carboxylic acid groups (broad SMARTS) is 1. The number of anilines is 1. The maximum atomic E-state index is 12.9. The van der Waals surface area contributed by atoms with E-state index in [0.29, 0.717) is 34.6 Å². The van der Waals surface area contributed by atoms with E-state index in [-0.39, 0.29) is 30.0 Å². The predicted molar refractivity (Wildman–Crippen MR) is 154 cm³/mol. The van der Waals surface area contributed by atoms with Crippen molar-refractivity contribution in [3.8, 4) is 17.1 Å². The van der Waals surface area contributed by atoms with Gasteiger partial charge in [0.05, 0.1) is 30.1 Å². The Morgan fingerprint density at radius 2 is 1.93 bits per heavy atom. The second kappa shape index (κ2) is 11.6. The van der Waals surface area contributed by atoms with Crippen LogP contribution in [0.3, 0.4) is 0 Å². The fourth-order valence-electron chi connectivity index (χ4n) is 4.87. The van der Waals surface area contributed by atoms with E-state index in [9.17, 15) is 14.7 Å². The van der Waals surface area contributed by atoms with E-state index in [1.807, 2.05) is 54.3 Å². The lowest BCUT2D eigenvalue weighted by Crippen LogP contribution is -2.32. The summed E-state index contributed by atoms with van der Waals surface area (Å²) >= 11 is 5.71. The topological polar surface area (TPSA) is 117 Å². The number of aromatic nitrogens is 1. The summed E-state index contributed by atoms with van der Waals surface area (Å²) in [5, 5.41) is 16.1. The van der Waals surface area contributed by atoms with Gasteiger partial charge in [-0.25, -0.2) is 4.79 Å². The molecule has 9 nitrogen and oxygen atoms in total. The largest absolute Gasteiger partial charge is 0.495 e. The molecular formula is C30H28N4O5S. The third-order valence-corrected chi connectivity index (χ3v) is 7.17. The average molecular weight is 557 g/mol. The molecule has 0 bridgehead atoms. The molecule has 0 unspecified atom stereocenters. The molecule has 1 fully saturated rings. The van der Waals surface area contributed by atoms with Gasteiger partial charge in [0.1, 0.15) is 23.3 Å². The van der Waals surface area contributed by atoms with E-state index in [4.69, 9.17) is 21.4 Å². The van der Waals surface area contributed by atoms with Gasteiger partial charge in [0.15, 0.2) is 5.11 Å². The first-order chi connectivity index (χ1) is 19.4. The highest BCUT2D eigenvalue weighted by Gasteiger charge is 2.41. The molecular weight excluding hydrogens is 528 g/mol. The second-order valence-electron chi connectivity index (χ2n) is 9.36. The minimum Gasteiger partial charge on any atom is -0.495 e. The van der Waals surface area contributed by atoms with E-state index >= 15 is 0 Å². The molecule has 3 N–H and O–H groups in total. The van der Waals surface area contributed by atoms with Crippen molar-refractivity contribution in [1.29, 1.82) is 0 Å². The van der Waals surface area contributed by atoms with E-state index in [1.54, 1.807) is 43.6 Å². The highest BCUT2D eigenvalue weighted by Crippen LogP contribution is 2.41. The van der Waals surface area contributed by atoms with Crippen molar-refractivity contribution in [2.75, 3.05) is 19.0 Å². The summed E-state index contributed by atoms with van der Waals surface area (Å²) in [5.74, 6) is 0.670. The highest BCUT2D eigenvalue weighted by molar-refractivity contribution is 7.80. The fraction of sp³-hybridized carbons (Fsp3) is 0.200. The smallest absolute Gasteiger partial charge is 0.335 e. The number of nitrogens with one attached hydrogen (secondary N) is 2. The highest BCUT2D eigenvalue weighted by atomic mass is 32.1. The van der Waals surface area contributed by atoms with Crippen molar-refractivity contribution in [2.24, 2.45) is 0 Å². The van der Waals surface area contributed by atoms with Gasteiger partial charge in [-0.3, -0.25) is 9.78 Å². The minimum absolute atomic E-state index is 0.175. The molecule has 40 heavy (non-hydrogen) atoms. The summed E-state index contributed by atoms with van der Waals surface area (Å²) in [5.41, 5.74) is 3.18. The maximum Gasteiger partial charge on any atom is 0.335 e. The van der Waals surface area contributed by atoms with Gasteiger partial charge in [0, 0.05) is 24.7 Å². The van der Waals surface area contributed by atoms with Crippen molar-refractivity contribution in [1.82, 2.24) is 15.2 Å². The molecule has 0 spiro atoms. The molecule has 10 heteroatoms. The Balaban J connectivity index is 1.41. The Hall–Kier alpha value is -4.70. The van der Waals surface area contributed by atoms with Crippen LogP contribution in [-0.2, 0) is 4.79 Å². The molecule has 2 aromatic heterocycles. The monoisotopic (exact) mass is 556 g/mol. The number of thiocarbonyl (C=S) groups is 1. The van der Waals surface area contributed by atoms with Crippen LogP contribution in [0.15, 0.2) is 83.4 Å². The second-order valence-corrected chi connectivity index (χ2v) is 9.74. The number of methoxy groups -OCH3 is 1. The van der Waals surface area contributed by atoms with E-state index in [2.05, 4.69) is 15.6 Å². The standard InChI is InChI=1S/C30H28N4O5S/c1-18-17-19(29(36)37)10-11-20(18)23-12-13-25(39-23)28-27(22-8-5-6-15-31-22)33-30(40)34(28)16-14-26(35)32-21-7-3-4-9-24(21)38-2/h3-13,15,17,27-28H,14,16H2,1-2H3,(H,32,35)(H,33,40)(H,36,37)/t27-,28+/m0/s1. The van der Waals surface area contributed by atoms with E-state index in [1.165, 1.54) is 0 Å². The van der Waals surface area contributed by atoms with Gasteiger partial charge in [-0.05, 0) is 73.2 Å². The van der Waals surface area contributed by atoms with Crippen molar-refractivity contribution >= 4 is 34.9 Å². The minimum atomic E-state index is -0.982. The van der Waals surface area contributed by atoms with Gasteiger partial charge in [-0.2, -0.15) is 0 Å². The third kappa shape index (κ3) is 5.52. The molecule has 3 heterocycles. The third-order valence-electron chi connectivity index (χ3n) is 6.82. The Bertz CT molecular complexity index is 1550. The molecule has 1 aliphatic heterocycles. The molecule has 1 saturated heterocycles. The number of hydrogen-bond acceptors (Lipinski definition) is 6. The molecule has 0 saturated carbocycles. The lowest BCUT2D eigenvalue weighted by molar-refractivity contribution is -0.116. The van der Waals surface area contributed by atoms with Crippen molar-refractivity contribution in [2.45, 2.75) is 25.4 Å². The number of amides is 1. The number of furan rings is 1. The SMILES string of the molecule is COc1ccccc1NC(=O)CCN1C(=S)N[C@@H](c2ccccn2)[C@H]1c1ccc(-c2ccc(C(=O)O)cc2C)o1. The number of carboxylic acids is 1. The van der Waals surface area contributed by atoms with Crippen LogP contribution in [0.25, 0.3) is 11.3 Å². The zero-order valence-electron chi connectivity index (χ0n) is 22.0. The Morgan fingerprint density at radius 3 is 2.65 bits per heavy atom. The van der Waals surface area contributed by atoms with E-state index in [0.717, 1.165) is 16.8 Å². The first kappa shape index (κ1) is 26.9. The molecule has 5 rings (SSSR count). The number of carbonyl (C=O) groups is 2. The molecule has 1 amide bonds. The lowest BCUT2D eigenvalue weighted by atomic mass is 10.0. The molecule has 0 aliphatic carbocycles. The van der Waals surface area contributed by atoms with Gasteiger partial charge in [-0.15, -0.1) is 0 Å². The molecule has 4 aromatic rings. The first-order valence-corrected chi connectivity index (χ1v) is 13.1. The summed E-state index contributed by atoms with van der Waals surface area (Å²) in [6.07, 6.45) is 1.90. The van der Waals surface area contributed by atoms with Crippen LogP contribution in [0.2, 0.25) is 0 Å². The number of aromatic carboxylic acids is 1. The van der Waals surface area contributed by atoms with Crippen LogP contribution in [0.1, 0.15) is 45.9 Å². The van der Waals surface area contributed by atoms with Crippen molar-refractivity contribution in [3.05, 3.63) is 102 Å². The van der Waals surface area contributed by atoms with Gasteiger partial charge >= 0.3 is 5.97 Å². The van der Waals surface area contributed by atoms with Crippen LogP contribution >= 0.6 is 12.2 Å². The number of nitrogens with zero attached hydrogens (tertiary/aromatic N) is 2. The zero-order chi connectivity index (χ0) is 28.2. The molecule has 2 atom stereocenters. The van der Waals surface area contributed by atoms with Crippen LogP contribution in [0.4, 0.5) is 5.69 Å². The fourth-order valence-corrected chi connectivity index (χ4v) is 5.20. The number of rotatable bonds is 9. The molecule has 204 valence electrons. The van der Waals surface area contributed by atoms with Gasteiger partial charge in [0.2, 0.25) is 5.91 Å². The Morgan fingerprint density at radius 1 is 1.12 bits per heavy atom. The van der Waals surface area contributed by atoms with Gasteiger partial charge in [-0.1, -0.05) is 24.3 Å². The summed E-state index contributed by atoms with van der Waals surface area (Å²) < 4.78 is 11.7. The normalized spacial score (nSPS) is 16.4. The van der Waals surface area contributed by atoms with Gasteiger partial charge < -0.3 is 29.8 Å². The summed E-state index contributed by atoms with van der Waals surface area (Å²) in [6.45, 7) is 2.18. The zero-order valence-corrected chi connectivity index (χ0v) is 22.8. The molecule has 2 aromatic carbocycles. The summed E-state index contributed by atoms with van der Waals surface area (Å²) in [4.78, 5) is 30.8. The average Bonchev–Trinajstić information content (AvgIpc) is 3.56. The van der Waals surface area contributed by atoms with Crippen LogP contribution in [-0.4, -0.2) is 45.6 Å². The predicted octanol–water partition coefficient (Wildman–Crippen LogP) is 5.36. The molecule has 0 radical (unpaired) electrons. The lowest BCUT2D eigenvalue weighted by Gasteiger charge is -2.26. The number of pyridine rings is 1. The Kier molecular flexibility index (Phi) is 7.79.